The smallest absolute Gasteiger partial charge is 0.522 e. The maximum absolute atomic E-state index is 12.5. The predicted molar refractivity (Wildman–Crippen MR) is 104 cm³/mol. The first kappa shape index (κ1) is 19.1. The summed E-state index contributed by atoms with van der Waals surface area (Å²) in [4.78, 5) is 25.9. The van der Waals surface area contributed by atoms with E-state index < -0.39 is 13.1 Å². The minimum absolute atomic E-state index is 0.111. The topological polar surface area (TPSA) is 117 Å². The van der Waals surface area contributed by atoms with Crippen molar-refractivity contribution >= 4 is 19.0 Å². The maximum Gasteiger partial charge on any atom is 0.522 e. The molecule has 1 fully saturated rings. The van der Waals surface area contributed by atoms with E-state index in [4.69, 9.17) is 9.39 Å². The third-order valence-electron chi connectivity index (χ3n) is 5.20. The molecule has 2 aliphatic rings. The Morgan fingerprint density at radius 2 is 2.00 bits per heavy atom. The van der Waals surface area contributed by atoms with Crippen LogP contribution in [0.4, 0.5) is 0 Å². The monoisotopic (exact) mass is 397 g/mol. The van der Waals surface area contributed by atoms with Gasteiger partial charge in [-0.3, -0.25) is 4.79 Å². The summed E-state index contributed by atoms with van der Waals surface area (Å²) in [5, 5.41) is 28.9. The molecule has 0 aromatic heterocycles. The highest BCUT2D eigenvalue weighted by Crippen LogP contribution is 2.37. The molecular weight excluding hydrogens is 377 g/mol. The van der Waals surface area contributed by atoms with Gasteiger partial charge < -0.3 is 29.5 Å². The fourth-order valence-corrected chi connectivity index (χ4v) is 3.54. The summed E-state index contributed by atoms with van der Waals surface area (Å²) < 4.78 is 11.2. The molecule has 2 aromatic carbocycles. The highest BCUT2D eigenvalue weighted by molar-refractivity contribution is 6.44. The van der Waals surface area contributed by atoms with Crippen LogP contribution in [0.15, 0.2) is 30.3 Å². The molecule has 0 radical (unpaired) electrons. The number of carbonyl (C=O) groups is 2. The van der Waals surface area contributed by atoms with Crippen LogP contribution in [0.5, 0.6) is 17.2 Å². The number of aromatic hydroxyl groups is 1. The van der Waals surface area contributed by atoms with Crippen LogP contribution in [0.3, 0.4) is 0 Å². The third kappa shape index (κ3) is 3.61. The Bertz CT molecular complexity index is 987. The highest BCUT2D eigenvalue weighted by atomic mass is 16.5. The molecule has 8 nitrogen and oxygen atoms in total. The number of phenolic OH excluding ortho intramolecular Hbond substituents is 1. The molecule has 3 N–H and O–H groups in total. The molecule has 1 saturated heterocycles. The molecule has 0 spiro atoms. The van der Waals surface area contributed by atoms with Crippen LogP contribution in [-0.2, 0) is 6.42 Å². The van der Waals surface area contributed by atoms with Crippen molar-refractivity contribution in [2.24, 2.45) is 0 Å². The number of hydrogen-bond acceptors (Lipinski definition) is 6. The molecule has 2 aromatic rings. The van der Waals surface area contributed by atoms with Crippen LogP contribution in [0.25, 0.3) is 0 Å². The molecule has 1 amide bonds. The lowest BCUT2D eigenvalue weighted by molar-refractivity contribution is 0.0169. The Labute approximate surface area is 167 Å². The van der Waals surface area contributed by atoms with Crippen molar-refractivity contribution in [1.82, 2.24) is 4.90 Å². The second-order valence-electron chi connectivity index (χ2n) is 7.29. The van der Waals surface area contributed by atoms with Gasteiger partial charge in [0.2, 0.25) is 0 Å². The second-order valence-corrected chi connectivity index (χ2v) is 7.29. The van der Waals surface area contributed by atoms with Gasteiger partial charge in [-0.05, 0) is 55.1 Å². The summed E-state index contributed by atoms with van der Waals surface area (Å²) in [7, 11) is -1.04. The van der Waals surface area contributed by atoms with Gasteiger partial charge in [0.15, 0.2) is 0 Å². The zero-order valence-electron chi connectivity index (χ0n) is 15.8. The Morgan fingerprint density at radius 3 is 2.69 bits per heavy atom. The van der Waals surface area contributed by atoms with Crippen LogP contribution in [0, 0.1) is 6.92 Å². The molecule has 2 aliphatic heterocycles. The normalized spacial score (nSPS) is 15.9. The van der Waals surface area contributed by atoms with E-state index in [0.29, 0.717) is 42.5 Å². The predicted octanol–water partition coefficient (Wildman–Crippen LogP) is 1.72. The first-order valence-electron chi connectivity index (χ1n) is 9.33. The number of likely N-dealkylation sites (tertiary alicyclic amines) is 1. The van der Waals surface area contributed by atoms with Gasteiger partial charge in [0, 0.05) is 5.56 Å². The van der Waals surface area contributed by atoms with Crippen LogP contribution in [0.2, 0.25) is 6.32 Å². The number of aromatic carboxylic acids is 1. The zero-order chi connectivity index (χ0) is 20.7. The number of rotatable bonds is 4. The van der Waals surface area contributed by atoms with E-state index in [1.54, 1.807) is 36.1 Å². The van der Waals surface area contributed by atoms with Crippen molar-refractivity contribution in [3.63, 3.8) is 0 Å². The molecule has 150 valence electrons. The van der Waals surface area contributed by atoms with Crippen LogP contribution >= 0.6 is 0 Å². The first-order chi connectivity index (χ1) is 13.8. The number of carboxylic acids is 1. The Morgan fingerprint density at radius 1 is 1.24 bits per heavy atom. The minimum atomic E-state index is -1.20. The average molecular weight is 397 g/mol. The van der Waals surface area contributed by atoms with Crippen molar-refractivity contribution < 1.29 is 34.2 Å². The largest absolute Gasteiger partial charge is 0.535 e. The Hall–Kier alpha value is -3.20. The van der Waals surface area contributed by atoms with Crippen molar-refractivity contribution in [2.45, 2.75) is 25.8 Å². The van der Waals surface area contributed by atoms with Gasteiger partial charge in [0.05, 0.1) is 13.1 Å². The van der Waals surface area contributed by atoms with Gasteiger partial charge in [-0.15, -0.1) is 0 Å². The molecule has 29 heavy (non-hydrogen) atoms. The van der Waals surface area contributed by atoms with Crippen LogP contribution in [-0.4, -0.2) is 58.3 Å². The van der Waals surface area contributed by atoms with Crippen molar-refractivity contribution in [3.05, 3.63) is 52.6 Å². The standard InChI is InChI=1S/C20H20BNO7/c1-11-8-13(2-4-15(11)23)19(24)22-9-14(10-22)28-16-5-3-12-6-7-21(27)29-18(12)17(16)20(25)26/h2-5,8,14,23,27H,6-7,9-10H2,1H3,(H,25,26). The number of aryl methyl sites for hydroxylation is 2. The molecule has 9 heteroatoms. The Balaban J connectivity index is 1.46. The third-order valence-corrected chi connectivity index (χ3v) is 5.20. The van der Waals surface area contributed by atoms with E-state index in [0.717, 1.165) is 0 Å². The number of nitrogens with zero attached hydrogens (tertiary/aromatic N) is 1. The van der Waals surface area contributed by atoms with E-state index in [1.165, 1.54) is 6.07 Å². The number of carbonyl (C=O) groups excluding carboxylic acids is 1. The molecule has 2 heterocycles. The summed E-state index contributed by atoms with van der Waals surface area (Å²) >= 11 is 0. The van der Waals surface area contributed by atoms with E-state index in [2.05, 4.69) is 0 Å². The number of hydrogen-bond donors (Lipinski definition) is 3. The summed E-state index contributed by atoms with van der Waals surface area (Å²) in [6.07, 6.45) is 0.583. The Kier molecular flexibility index (Phi) is 4.83. The molecule has 0 saturated carbocycles. The van der Waals surface area contributed by atoms with E-state index in [9.17, 15) is 24.8 Å². The fourth-order valence-electron chi connectivity index (χ4n) is 3.54. The minimum Gasteiger partial charge on any atom is -0.535 e. The molecule has 4 rings (SSSR count). The molecule has 0 bridgehead atoms. The number of benzene rings is 2. The molecular formula is C20H20BNO7. The zero-order valence-corrected chi connectivity index (χ0v) is 15.8. The summed E-state index contributed by atoms with van der Waals surface area (Å²) in [5.74, 6) is -0.947. The maximum atomic E-state index is 12.5. The number of amides is 1. The van der Waals surface area contributed by atoms with Gasteiger partial charge in [-0.25, -0.2) is 4.79 Å². The second kappa shape index (κ2) is 7.33. The van der Waals surface area contributed by atoms with E-state index in [1.807, 2.05) is 0 Å². The summed E-state index contributed by atoms with van der Waals surface area (Å²) in [6.45, 7) is 2.35. The van der Waals surface area contributed by atoms with Gasteiger partial charge in [-0.1, -0.05) is 6.07 Å². The lowest BCUT2D eigenvalue weighted by atomic mass is 9.78. The summed E-state index contributed by atoms with van der Waals surface area (Å²) in [6, 6.07) is 8.01. The van der Waals surface area contributed by atoms with Crippen LogP contribution in [0.1, 0.15) is 31.8 Å². The lowest BCUT2D eigenvalue weighted by Gasteiger charge is -2.39. The van der Waals surface area contributed by atoms with Crippen molar-refractivity contribution in [1.29, 1.82) is 0 Å². The average Bonchev–Trinajstić information content (AvgIpc) is 2.65. The lowest BCUT2D eigenvalue weighted by Crippen LogP contribution is -2.56. The SMILES string of the molecule is Cc1cc(C(=O)N2CC(Oc3ccc4c(c3C(=O)O)OB(O)CC4)C2)ccc1O. The quantitative estimate of drug-likeness (QED) is 0.673. The van der Waals surface area contributed by atoms with Crippen molar-refractivity contribution in [3.8, 4) is 17.2 Å². The molecule has 0 unspecified atom stereocenters. The van der Waals surface area contributed by atoms with Gasteiger partial charge in [0.25, 0.3) is 5.91 Å². The number of ether oxygens (including phenoxy) is 1. The van der Waals surface area contributed by atoms with E-state index in [-0.39, 0.29) is 34.8 Å². The number of phenols is 1. The summed E-state index contributed by atoms with van der Waals surface area (Å²) in [5.41, 5.74) is 1.70. The highest BCUT2D eigenvalue weighted by Gasteiger charge is 2.35. The van der Waals surface area contributed by atoms with Gasteiger partial charge in [-0.2, -0.15) is 0 Å². The fraction of sp³-hybridized carbons (Fsp3) is 0.300. The first-order valence-corrected chi connectivity index (χ1v) is 9.33. The number of fused-ring (bicyclic) bond motifs is 1. The van der Waals surface area contributed by atoms with Gasteiger partial charge in [0.1, 0.15) is 28.9 Å². The van der Waals surface area contributed by atoms with Crippen LogP contribution < -0.4 is 9.39 Å². The van der Waals surface area contributed by atoms with E-state index >= 15 is 0 Å². The van der Waals surface area contributed by atoms with Gasteiger partial charge >= 0.3 is 13.1 Å². The molecule has 0 atom stereocenters. The van der Waals surface area contributed by atoms with Crippen molar-refractivity contribution in [2.75, 3.05) is 13.1 Å². The molecule has 0 aliphatic carbocycles. The number of carboxylic acid groups (broad SMARTS) is 1.